The van der Waals surface area contributed by atoms with Gasteiger partial charge < -0.3 is 4.74 Å². The number of hydrogen-bond acceptors (Lipinski definition) is 2. The summed E-state index contributed by atoms with van der Waals surface area (Å²) in [5, 5.41) is 0.642. The highest BCUT2D eigenvalue weighted by Crippen LogP contribution is 2.24. The van der Waals surface area contributed by atoms with Crippen molar-refractivity contribution in [3.8, 4) is 11.5 Å². The Kier molecular flexibility index (Phi) is 4.70. The summed E-state index contributed by atoms with van der Waals surface area (Å²) in [6.45, 7) is 0. The van der Waals surface area contributed by atoms with Crippen molar-refractivity contribution in [3.05, 3.63) is 59.1 Å². The maximum absolute atomic E-state index is 11.5. The fourth-order valence-corrected chi connectivity index (χ4v) is 1.83. The zero-order chi connectivity index (χ0) is 13.8. The summed E-state index contributed by atoms with van der Waals surface area (Å²) in [5.74, 6) is 0.942. The van der Waals surface area contributed by atoms with Gasteiger partial charge in [0.05, 0.1) is 0 Å². The average Bonchev–Trinajstić information content (AvgIpc) is 2.41. The Morgan fingerprint density at radius 3 is 1.84 bits per heavy atom. The number of hydrogen-bond donors (Lipinski definition) is 0. The van der Waals surface area contributed by atoms with Crippen molar-refractivity contribution >= 4 is 40.6 Å². The number of carbonyl (C=O) groups excluding carboxylic acids is 1. The molecule has 19 heavy (non-hydrogen) atoms. The van der Waals surface area contributed by atoms with Gasteiger partial charge in [-0.05, 0) is 48.5 Å². The van der Waals surface area contributed by atoms with Crippen LogP contribution in [0.4, 0.5) is 0 Å². The van der Waals surface area contributed by atoms with Crippen LogP contribution in [0.1, 0.15) is 10.4 Å². The summed E-state index contributed by atoms with van der Waals surface area (Å²) in [7, 11) is 0. The van der Waals surface area contributed by atoms with Crippen LogP contribution in [0.25, 0.3) is 0 Å². The minimum Gasteiger partial charge on any atom is -0.457 e. The van der Waals surface area contributed by atoms with E-state index in [1.54, 1.807) is 48.5 Å². The zero-order valence-electron chi connectivity index (χ0n) is 9.65. The first-order valence-corrected chi connectivity index (χ1v) is 6.67. The van der Waals surface area contributed by atoms with Crippen molar-refractivity contribution in [3.63, 3.8) is 0 Å². The van der Waals surface area contributed by atoms with E-state index in [0.717, 1.165) is 0 Å². The highest BCUT2D eigenvalue weighted by Gasteiger charge is 2.13. The van der Waals surface area contributed by atoms with Crippen molar-refractivity contribution in [2.75, 3.05) is 0 Å². The van der Waals surface area contributed by atoms with Crippen LogP contribution >= 0.6 is 34.8 Å². The maximum atomic E-state index is 11.5. The van der Waals surface area contributed by atoms with Gasteiger partial charge in [0.15, 0.2) is 10.6 Å². The number of rotatable bonds is 4. The Labute approximate surface area is 125 Å². The summed E-state index contributed by atoms with van der Waals surface area (Å²) in [6.07, 6.45) is 0. The summed E-state index contributed by atoms with van der Waals surface area (Å²) < 4.78 is 5.59. The van der Waals surface area contributed by atoms with Gasteiger partial charge >= 0.3 is 0 Å². The van der Waals surface area contributed by atoms with Crippen LogP contribution in [-0.4, -0.2) is 10.6 Å². The van der Waals surface area contributed by atoms with Crippen molar-refractivity contribution in [2.45, 2.75) is 4.84 Å². The van der Waals surface area contributed by atoms with Crippen LogP contribution in [0.15, 0.2) is 48.5 Å². The second-order valence-electron chi connectivity index (χ2n) is 3.75. The number of ether oxygens (including phenoxy) is 1. The third kappa shape index (κ3) is 3.87. The van der Waals surface area contributed by atoms with Crippen molar-refractivity contribution in [1.29, 1.82) is 0 Å². The number of alkyl halides is 2. The normalized spacial score (nSPS) is 10.5. The molecule has 5 heteroatoms. The Balaban J connectivity index is 2.10. The van der Waals surface area contributed by atoms with E-state index < -0.39 is 4.84 Å². The summed E-state index contributed by atoms with van der Waals surface area (Å²) in [4.78, 5) is 10.5. The topological polar surface area (TPSA) is 26.3 Å². The predicted molar refractivity (Wildman–Crippen MR) is 77.8 cm³/mol. The SMILES string of the molecule is O=C(c1ccc(Oc2ccc(Cl)cc2)cc1)C(Cl)Cl. The van der Waals surface area contributed by atoms with Crippen molar-refractivity contribution < 1.29 is 9.53 Å². The first kappa shape index (κ1) is 14.2. The number of ketones is 1. The Bertz CT molecular complexity index is 562. The van der Waals surface area contributed by atoms with Crippen molar-refractivity contribution in [1.82, 2.24) is 0 Å². The molecule has 2 rings (SSSR count). The lowest BCUT2D eigenvalue weighted by atomic mass is 10.1. The third-order valence-electron chi connectivity index (χ3n) is 2.39. The molecule has 0 saturated carbocycles. The molecule has 0 atom stereocenters. The van der Waals surface area contributed by atoms with Gasteiger partial charge in [0.2, 0.25) is 0 Å². The molecular weight excluding hydrogens is 307 g/mol. The molecule has 0 aromatic heterocycles. The molecule has 0 bridgehead atoms. The lowest BCUT2D eigenvalue weighted by molar-refractivity contribution is 0.101. The molecule has 2 nitrogen and oxygen atoms in total. The van der Waals surface area contributed by atoms with Crippen LogP contribution < -0.4 is 4.74 Å². The number of halogens is 3. The minimum atomic E-state index is -1.05. The number of carbonyl (C=O) groups is 1. The van der Waals surface area contributed by atoms with Gasteiger partial charge in [0.1, 0.15) is 11.5 Å². The Hall–Kier alpha value is -1.22. The number of benzene rings is 2. The standard InChI is InChI=1S/C14H9Cl3O2/c15-10-3-7-12(8-4-10)19-11-5-1-9(2-6-11)13(18)14(16)17/h1-8,14H. The van der Waals surface area contributed by atoms with Crippen LogP contribution in [0.2, 0.25) is 5.02 Å². The highest BCUT2D eigenvalue weighted by atomic mass is 35.5. The molecule has 0 saturated heterocycles. The molecule has 0 fully saturated rings. The molecule has 0 aliphatic rings. The van der Waals surface area contributed by atoms with Gasteiger partial charge in [-0.15, -0.1) is 0 Å². The van der Waals surface area contributed by atoms with Gasteiger partial charge in [0, 0.05) is 10.6 Å². The fourth-order valence-electron chi connectivity index (χ4n) is 1.45. The van der Waals surface area contributed by atoms with Crippen molar-refractivity contribution in [2.24, 2.45) is 0 Å². The van der Waals surface area contributed by atoms with E-state index in [1.807, 2.05) is 0 Å². The van der Waals surface area contributed by atoms with Gasteiger partial charge in [-0.1, -0.05) is 34.8 Å². The Morgan fingerprint density at radius 1 is 0.895 bits per heavy atom. The summed E-state index contributed by atoms with van der Waals surface area (Å²) in [5.41, 5.74) is 0.443. The summed E-state index contributed by atoms with van der Waals surface area (Å²) >= 11 is 16.8. The molecule has 0 N–H and O–H groups in total. The zero-order valence-corrected chi connectivity index (χ0v) is 11.9. The molecule has 0 amide bonds. The minimum absolute atomic E-state index is 0.332. The van der Waals surface area contributed by atoms with E-state index in [1.165, 1.54) is 0 Å². The molecule has 0 aliphatic carbocycles. The molecule has 2 aromatic rings. The molecular formula is C14H9Cl3O2. The molecule has 0 aliphatic heterocycles. The van der Waals surface area contributed by atoms with Crippen LogP contribution in [0, 0.1) is 0 Å². The van der Waals surface area contributed by atoms with E-state index >= 15 is 0 Å². The maximum Gasteiger partial charge on any atom is 0.195 e. The second kappa shape index (κ2) is 6.29. The van der Waals surface area contributed by atoms with E-state index in [0.29, 0.717) is 22.1 Å². The largest absolute Gasteiger partial charge is 0.457 e. The quantitative estimate of drug-likeness (QED) is 0.578. The predicted octanol–water partition coefficient (Wildman–Crippen LogP) is 5.12. The van der Waals surface area contributed by atoms with Crippen LogP contribution in [-0.2, 0) is 0 Å². The van der Waals surface area contributed by atoms with Gasteiger partial charge in [-0.3, -0.25) is 4.79 Å². The molecule has 0 unspecified atom stereocenters. The fraction of sp³-hybridized carbons (Fsp3) is 0.0714. The average molecular weight is 316 g/mol. The first-order chi connectivity index (χ1) is 9.06. The molecule has 0 spiro atoms. The Morgan fingerprint density at radius 2 is 1.37 bits per heavy atom. The molecule has 2 aromatic carbocycles. The van der Waals surface area contributed by atoms with E-state index in [4.69, 9.17) is 39.5 Å². The summed E-state index contributed by atoms with van der Waals surface area (Å²) in [6, 6.07) is 13.6. The number of Topliss-reactive ketones (excluding diaryl/α,β-unsaturated/α-hetero) is 1. The second-order valence-corrected chi connectivity index (χ2v) is 5.28. The monoisotopic (exact) mass is 314 g/mol. The highest BCUT2D eigenvalue weighted by molar-refractivity contribution is 6.55. The van der Waals surface area contributed by atoms with Gasteiger partial charge in [-0.25, -0.2) is 0 Å². The van der Waals surface area contributed by atoms with E-state index in [-0.39, 0.29) is 5.78 Å². The van der Waals surface area contributed by atoms with Crippen LogP contribution in [0.3, 0.4) is 0 Å². The molecule has 98 valence electrons. The molecule has 0 radical (unpaired) electrons. The first-order valence-electron chi connectivity index (χ1n) is 5.42. The lowest BCUT2D eigenvalue weighted by Crippen LogP contribution is -2.07. The van der Waals surface area contributed by atoms with Gasteiger partial charge in [-0.2, -0.15) is 0 Å². The lowest BCUT2D eigenvalue weighted by Gasteiger charge is -2.07. The van der Waals surface area contributed by atoms with E-state index in [2.05, 4.69) is 0 Å². The van der Waals surface area contributed by atoms with Gasteiger partial charge in [0.25, 0.3) is 0 Å². The molecule has 0 heterocycles. The third-order valence-corrected chi connectivity index (χ3v) is 3.03. The van der Waals surface area contributed by atoms with Crippen LogP contribution in [0.5, 0.6) is 11.5 Å². The van der Waals surface area contributed by atoms with E-state index in [9.17, 15) is 4.79 Å². The smallest absolute Gasteiger partial charge is 0.195 e.